The van der Waals surface area contributed by atoms with E-state index in [0.29, 0.717) is 19.0 Å². The summed E-state index contributed by atoms with van der Waals surface area (Å²) in [5.41, 5.74) is 2.25. The monoisotopic (exact) mass is 364 g/mol. The molecule has 2 fully saturated rings. The van der Waals surface area contributed by atoms with Crippen molar-refractivity contribution in [3.63, 3.8) is 0 Å². The lowest BCUT2D eigenvalue weighted by atomic mass is 9.94. The van der Waals surface area contributed by atoms with E-state index in [2.05, 4.69) is 29.4 Å². The molecule has 1 unspecified atom stereocenters. The highest BCUT2D eigenvalue weighted by Crippen LogP contribution is 2.26. The maximum atomic E-state index is 12.1. The minimum atomic E-state index is -3.02. The fourth-order valence-electron chi connectivity index (χ4n) is 3.86. The Kier molecular flexibility index (Phi) is 5.67. The summed E-state index contributed by atoms with van der Waals surface area (Å²) in [6, 6.07) is 8.93. The Balaban J connectivity index is 1.51. The first-order valence-corrected chi connectivity index (χ1v) is 11.1. The van der Waals surface area contributed by atoms with Crippen molar-refractivity contribution in [3.8, 4) is 0 Å². The topological polar surface area (TPSA) is 66.5 Å². The van der Waals surface area contributed by atoms with Crippen molar-refractivity contribution in [3.05, 3.63) is 29.8 Å². The first kappa shape index (κ1) is 18.2. The summed E-state index contributed by atoms with van der Waals surface area (Å²) in [6.07, 6.45) is 6.95. The largest absolute Gasteiger partial charge is 0.372 e. The highest BCUT2D eigenvalue weighted by molar-refractivity contribution is 7.91. The van der Waals surface area contributed by atoms with Crippen LogP contribution >= 0.6 is 0 Å². The molecule has 1 saturated carbocycles. The third-order valence-corrected chi connectivity index (χ3v) is 7.30. The van der Waals surface area contributed by atoms with Crippen molar-refractivity contribution in [2.24, 2.45) is 5.92 Å². The molecule has 1 heterocycles. The molecule has 1 atom stereocenters. The average molecular weight is 365 g/mol. The zero-order chi connectivity index (χ0) is 17.9. The predicted octanol–water partition coefficient (Wildman–Crippen LogP) is 2.51. The van der Waals surface area contributed by atoms with Gasteiger partial charge in [-0.1, -0.05) is 31.4 Å². The molecule has 0 aromatic heterocycles. The standard InChI is InChI=1S/C19H28N2O3S/c1-21(17-5-3-2-4-6-17)18-9-7-15(8-10-18)13-20-19(22)16-11-12-25(23,24)14-16/h7-10,16-17H,2-6,11-14H2,1H3,(H,20,22). The molecular weight excluding hydrogens is 336 g/mol. The maximum Gasteiger partial charge on any atom is 0.224 e. The SMILES string of the molecule is CN(c1ccc(CNC(=O)C2CCS(=O)(=O)C2)cc1)C1CCCCC1. The molecule has 1 aromatic carbocycles. The molecule has 25 heavy (non-hydrogen) atoms. The zero-order valence-corrected chi connectivity index (χ0v) is 15.7. The number of nitrogens with zero attached hydrogens (tertiary/aromatic N) is 1. The van der Waals surface area contributed by atoms with Crippen molar-refractivity contribution < 1.29 is 13.2 Å². The second-order valence-electron chi connectivity index (χ2n) is 7.39. The summed E-state index contributed by atoms with van der Waals surface area (Å²) < 4.78 is 22.9. The fourth-order valence-corrected chi connectivity index (χ4v) is 5.60. The van der Waals surface area contributed by atoms with Gasteiger partial charge in [-0.05, 0) is 37.0 Å². The van der Waals surface area contributed by atoms with Crippen LogP contribution in [-0.4, -0.2) is 38.9 Å². The summed E-state index contributed by atoms with van der Waals surface area (Å²) in [6.45, 7) is 0.447. The van der Waals surface area contributed by atoms with E-state index in [0.717, 1.165) is 5.56 Å². The quantitative estimate of drug-likeness (QED) is 0.872. The van der Waals surface area contributed by atoms with E-state index in [9.17, 15) is 13.2 Å². The van der Waals surface area contributed by atoms with Crippen LogP contribution < -0.4 is 10.2 Å². The summed E-state index contributed by atoms with van der Waals surface area (Å²) in [5.74, 6) is -0.414. The third-order valence-electron chi connectivity index (χ3n) is 5.54. The fraction of sp³-hybridized carbons (Fsp3) is 0.632. The van der Waals surface area contributed by atoms with Crippen molar-refractivity contribution in [2.45, 2.75) is 51.1 Å². The smallest absolute Gasteiger partial charge is 0.224 e. The van der Waals surface area contributed by atoms with Gasteiger partial charge in [0.25, 0.3) is 0 Å². The second-order valence-corrected chi connectivity index (χ2v) is 9.62. The van der Waals surface area contributed by atoms with Gasteiger partial charge in [0.1, 0.15) is 0 Å². The van der Waals surface area contributed by atoms with Crippen molar-refractivity contribution in [2.75, 3.05) is 23.5 Å². The maximum absolute atomic E-state index is 12.1. The normalized spacial score (nSPS) is 23.3. The number of hydrogen-bond acceptors (Lipinski definition) is 4. The lowest BCUT2D eigenvalue weighted by Crippen LogP contribution is -2.33. The number of benzene rings is 1. The minimum absolute atomic E-state index is 0.00997. The van der Waals surface area contributed by atoms with Crippen LogP contribution in [0.3, 0.4) is 0 Å². The minimum Gasteiger partial charge on any atom is -0.372 e. The summed E-state index contributed by atoms with van der Waals surface area (Å²) in [7, 11) is -0.856. The van der Waals surface area contributed by atoms with E-state index in [1.807, 2.05) is 12.1 Å². The molecule has 1 N–H and O–H groups in total. The first-order chi connectivity index (χ1) is 11.9. The molecule has 1 aliphatic carbocycles. The number of carbonyl (C=O) groups excluding carboxylic acids is 1. The number of anilines is 1. The van der Waals surface area contributed by atoms with Gasteiger partial charge in [-0.2, -0.15) is 0 Å². The van der Waals surface area contributed by atoms with Gasteiger partial charge in [-0.3, -0.25) is 4.79 Å². The van der Waals surface area contributed by atoms with E-state index in [1.54, 1.807) is 0 Å². The summed E-state index contributed by atoms with van der Waals surface area (Å²) in [4.78, 5) is 14.5. The molecule has 1 aliphatic heterocycles. The Morgan fingerprint density at radius 2 is 1.80 bits per heavy atom. The highest BCUT2D eigenvalue weighted by atomic mass is 32.2. The highest BCUT2D eigenvalue weighted by Gasteiger charge is 2.32. The number of rotatable bonds is 5. The number of amides is 1. The van der Waals surface area contributed by atoms with Gasteiger partial charge in [0.2, 0.25) is 5.91 Å². The van der Waals surface area contributed by atoms with Crippen LogP contribution in [0.1, 0.15) is 44.1 Å². The van der Waals surface area contributed by atoms with Crippen molar-refractivity contribution in [1.82, 2.24) is 5.32 Å². The van der Waals surface area contributed by atoms with Gasteiger partial charge in [-0.25, -0.2) is 8.42 Å². The molecule has 2 aliphatic rings. The molecule has 6 heteroatoms. The number of hydrogen-bond donors (Lipinski definition) is 1. The van der Waals surface area contributed by atoms with Crippen LogP contribution in [0.2, 0.25) is 0 Å². The third kappa shape index (κ3) is 4.75. The van der Waals surface area contributed by atoms with E-state index >= 15 is 0 Å². The Morgan fingerprint density at radius 3 is 2.40 bits per heavy atom. The summed E-state index contributed by atoms with van der Waals surface area (Å²) >= 11 is 0. The van der Waals surface area contributed by atoms with Gasteiger partial charge in [-0.15, -0.1) is 0 Å². The Morgan fingerprint density at radius 1 is 1.12 bits per heavy atom. The van der Waals surface area contributed by atoms with E-state index < -0.39 is 9.84 Å². The molecule has 0 spiro atoms. The molecule has 138 valence electrons. The molecule has 0 radical (unpaired) electrons. The second kappa shape index (κ2) is 7.77. The number of nitrogens with one attached hydrogen (secondary N) is 1. The van der Waals surface area contributed by atoms with Crippen LogP contribution in [0.25, 0.3) is 0 Å². The van der Waals surface area contributed by atoms with E-state index in [1.165, 1.54) is 37.8 Å². The number of sulfone groups is 1. The zero-order valence-electron chi connectivity index (χ0n) is 14.9. The lowest BCUT2D eigenvalue weighted by Gasteiger charge is -2.33. The molecule has 1 saturated heterocycles. The summed E-state index contributed by atoms with van der Waals surface area (Å²) in [5, 5.41) is 2.87. The molecule has 1 aromatic rings. The van der Waals surface area contributed by atoms with Gasteiger partial charge in [0.05, 0.1) is 17.4 Å². The van der Waals surface area contributed by atoms with E-state index in [-0.39, 0.29) is 23.3 Å². The first-order valence-electron chi connectivity index (χ1n) is 9.24. The van der Waals surface area contributed by atoms with Gasteiger partial charge < -0.3 is 10.2 Å². The molecule has 3 rings (SSSR count). The molecule has 5 nitrogen and oxygen atoms in total. The van der Waals surface area contributed by atoms with Crippen molar-refractivity contribution >= 4 is 21.4 Å². The Bertz CT molecular complexity index is 694. The van der Waals surface area contributed by atoms with Crippen LogP contribution in [0, 0.1) is 5.92 Å². The lowest BCUT2D eigenvalue weighted by molar-refractivity contribution is -0.124. The molecule has 0 bridgehead atoms. The Hall–Kier alpha value is -1.56. The van der Waals surface area contributed by atoms with Crippen LogP contribution in [0.4, 0.5) is 5.69 Å². The van der Waals surface area contributed by atoms with Gasteiger partial charge >= 0.3 is 0 Å². The van der Waals surface area contributed by atoms with Crippen LogP contribution in [0.15, 0.2) is 24.3 Å². The van der Waals surface area contributed by atoms with Crippen LogP contribution in [-0.2, 0) is 21.2 Å². The van der Waals surface area contributed by atoms with Crippen molar-refractivity contribution in [1.29, 1.82) is 0 Å². The molecular formula is C19H28N2O3S. The van der Waals surface area contributed by atoms with E-state index in [4.69, 9.17) is 0 Å². The van der Waals surface area contributed by atoms with Gasteiger partial charge in [0.15, 0.2) is 9.84 Å². The van der Waals surface area contributed by atoms with Crippen LogP contribution in [0.5, 0.6) is 0 Å². The predicted molar refractivity (Wildman–Crippen MR) is 100 cm³/mol. The number of carbonyl (C=O) groups is 1. The van der Waals surface area contributed by atoms with Gasteiger partial charge in [0, 0.05) is 25.3 Å². The molecule has 1 amide bonds. The average Bonchev–Trinajstić information content (AvgIpc) is 3.00. The Labute approximate surface area is 150 Å².